The van der Waals surface area contributed by atoms with E-state index in [9.17, 15) is 4.79 Å². The summed E-state index contributed by atoms with van der Waals surface area (Å²) >= 11 is 0. The lowest BCUT2D eigenvalue weighted by Crippen LogP contribution is -2.47. The summed E-state index contributed by atoms with van der Waals surface area (Å²) in [6, 6.07) is 9.62. The van der Waals surface area contributed by atoms with E-state index in [0.717, 1.165) is 18.6 Å². The molecule has 0 radical (unpaired) electrons. The predicted molar refractivity (Wildman–Crippen MR) is 81.6 cm³/mol. The van der Waals surface area contributed by atoms with Gasteiger partial charge in [0.1, 0.15) is 12.4 Å². The Balaban J connectivity index is 2.49. The van der Waals surface area contributed by atoms with Crippen LogP contribution in [0.15, 0.2) is 30.3 Å². The first-order valence-corrected chi connectivity index (χ1v) is 7.23. The molecule has 20 heavy (non-hydrogen) atoms. The Morgan fingerprint density at radius 3 is 2.35 bits per heavy atom. The molecule has 0 saturated heterocycles. The fourth-order valence-electron chi connectivity index (χ4n) is 2.25. The highest BCUT2D eigenvalue weighted by molar-refractivity contribution is 5.82. The molecule has 0 aliphatic heterocycles. The number of para-hydroxylation sites is 1. The zero-order chi connectivity index (χ0) is 15.0. The molecule has 0 unspecified atom stereocenters. The number of hydrogen-bond acceptors (Lipinski definition) is 3. The molecule has 4 heteroatoms. The number of nitrogens with two attached hydrogens (primary N) is 1. The average Bonchev–Trinajstić information content (AvgIpc) is 2.50. The summed E-state index contributed by atoms with van der Waals surface area (Å²) in [7, 11) is 1.81. The Morgan fingerprint density at radius 2 is 1.85 bits per heavy atom. The molecule has 112 valence electrons. The van der Waals surface area contributed by atoms with E-state index in [1.165, 1.54) is 0 Å². The first-order chi connectivity index (χ1) is 9.59. The van der Waals surface area contributed by atoms with Crippen molar-refractivity contribution in [2.45, 2.75) is 26.7 Å². The van der Waals surface area contributed by atoms with Gasteiger partial charge in [-0.1, -0.05) is 32.0 Å². The van der Waals surface area contributed by atoms with Gasteiger partial charge in [-0.3, -0.25) is 4.79 Å². The quantitative estimate of drug-likeness (QED) is 0.793. The zero-order valence-corrected chi connectivity index (χ0v) is 12.8. The van der Waals surface area contributed by atoms with Crippen molar-refractivity contribution in [2.75, 3.05) is 26.7 Å². The third-order valence-corrected chi connectivity index (χ3v) is 3.98. The van der Waals surface area contributed by atoms with Crippen molar-refractivity contribution in [1.82, 2.24) is 4.90 Å². The van der Waals surface area contributed by atoms with E-state index in [-0.39, 0.29) is 5.91 Å². The lowest BCUT2D eigenvalue weighted by molar-refractivity contribution is -0.141. The minimum atomic E-state index is -0.429. The molecule has 0 fully saturated rings. The van der Waals surface area contributed by atoms with E-state index < -0.39 is 5.41 Å². The van der Waals surface area contributed by atoms with Gasteiger partial charge in [0.25, 0.3) is 0 Å². The molecule has 2 N–H and O–H groups in total. The Hall–Kier alpha value is -1.55. The normalized spacial score (nSPS) is 11.2. The third kappa shape index (κ3) is 3.97. The van der Waals surface area contributed by atoms with Crippen LogP contribution < -0.4 is 10.5 Å². The highest BCUT2D eigenvalue weighted by Crippen LogP contribution is 2.27. The van der Waals surface area contributed by atoms with E-state index in [1.807, 2.05) is 51.2 Å². The van der Waals surface area contributed by atoms with Gasteiger partial charge in [-0.25, -0.2) is 0 Å². The SMILES string of the molecule is CCC(CC)(CN)C(=O)N(C)CCOc1ccccc1. The smallest absolute Gasteiger partial charge is 0.229 e. The molecule has 1 rings (SSSR count). The molecule has 0 saturated carbocycles. The summed E-state index contributed by atoms with van der Waals surface area (Å²) in [5.74, 6) is 0.936. The molecule has 0 heterocycles. The molecule has 0 spiro atoms. The summed E-state index contributed by atoms with van der Waals surface area (Å²) in [5.41, 5.74) is 5.38. The fourth-order valence-corrected chi connectivity index (χ4v) is 2.25. The van der Waals surface area contributed by atoms with Crippen LogP contribution in [0.2, 0.25) is 0 Å². The van der Waals surface area contributed by atoms with E-state index in [2.05, 4.69) is 0 Å². The fraction of sp³-hybridized carbons (Fsp3) is 0.562. The Morgan fingerprint density at radius 1 is 1.25 bits per heavy atom. The minimum absolute atomic E-state index is 0.113. The number of carbonyl (C=O) groups excluding carboxylic acids is 1. The van der Waals surface area contributed by atoms with Crippen LogP contribution in [0.3, 0.4) is 0 Å². The third-order valence-electron chi connectivity index (χ3n) is 3.98. The molecular weight excluding hydrogens is 252 g/mol. The predicted octanol–water partition coefficient (Wildman–Crippen LogP) is 2.29. The second-order valence-corrected chi connectivity index (χ2v) is 5.08. The van der Waals surface area contributed by atoms with Crippen molar-refractivity contribution >= 4 is 5.91 Å². The van der Waals surface area contributed by atoms with E-state index >= 15 is 0 Å². The first-order valence-electron chi connectivity index (χ1n) is 7.23. The number of nitrogens with zero attached hydrogens (tertiary/aromatic N) is 1. The molecule has 0 bridgehead atoms. The lowest BCUT2D eigenvalue weighted by Gasteiger charge is -2.33. The van der Waals surface area contributed by atoms with Gasteiger partial charge in [-0.2, -0.15) is 0 Å². The topological polar surface area (TPSA) is 55.6 Å². The number of amides is 1. The zero-order valence-electron chi connectivity index (χ0n) is 12.8. The maximum absolute atomic E-state index is 12.5. The van der Waals surface area contributed by atoms with Gasteiger partial charge in [-0.05, 0) is 25.0 Å². The summed E-state index contributed by atoms with van der Waals surface area (Å²) in [4.78, 5) is 14.2. The van der Waals surface area contributed by atoms with Crippen molar-refractivity contribution in [3.8, 4) is 5.75 Å². The highest BCUT2D eigenvalue weighted by Gasteiger charge is 2.35. The minimum Gasteiger partial charge on any atom is -0.492 e. The van der Waals surface area contributed by atoms with Gasteiger partial charge >= 0.3 is 0 Å². The summed E-state index contributed by atoms with van der Waals surface area (Å²) < 4.78 is 5.62. The van der Waals surface area contributed by atoms with Gasteiger partial charge in [0.2, 0.25) is 5.91 Å². The van der Waals surface area contributed by atoms with Gasteiger partial charge in [0, 0.05) is 13.6 Å². The second-order valence-electron chi connectivity index (χ2n) is 5.08. The molecule has 1 amide bonds. The highest BCUT2D eigenvalue weighted by atomic mass is 16.5. The number of ether oxygens (including phenoxy) is 1. The molecule has 0 aliphatic carbocycles. The summed E-state index contributed by atoms with van der Waals surface area (Å²) in [6.07, 6.45) is 1.53. The number of rotatable bonds is 8. The number of likely N-dealkylation sites (N-methyl/N-ethyl adjacent to an activating group) is 1. The van der Waals surface area contributed by atoms with Gasteiger partial charge < -0.3 is 15.4 Å². The van der Waals surface area contributed by atoms with Crippen LogP contribution in [0, 0.1) is 5.41 Å². The Kier molecular flexibility index (Phi) is 6.52. The van der Waals surface area contributed by atoms with Gasteiger partial charge in [0.05, 0.1) is 12.0 Å². The molecule has 4 nitrogen and oxygen atoms in total. The van der Waals surface area contributed by atoms with Crippen LogP contribution >= 0.6 is 0 Å². The van der Waals surface area contributed by atoms with Crippen LogP contribution in [0.5, 0.6) is 5.75 Å². The standard InChI is InChI=1S/C16H26N2O2/c1-4-16(5-2,13-17)15(19)18(3)11-12-20-14-9-7-6-8-10-14/h6-10H,4-5,11-13,17H2,1-3H3. The average molecular weight is 278 g/mol. The van der Waals surface area contributed by atoms with E-state index in [4.69, 9.17) is 10.5 Å². The first kappa shape index (κ1) is 16.5. The maximum atomic E-state index is 12.5. The maximum Gasteiger partial charge on any atom is 0.229 e. The van der Waals surface area contributed by atoms with Crippen molar-refractivity contribution < 1.29 is 9.53 Å². The summed E-state index contributed by atoms with van der Waals surface area (Å²) in [5, 5.41) is 0. The number of carbonyl (C=O) groups is 1. The van der Waals surface area contributed by atoms with Gasteiger partial charge in [-0.15, -0.1) is 0 Å². The molecular formula is C16H26N2O2. The molecule has 1 aromatic rings. The second kappa shape index (κ2) is 7.90. The van der Waals surface area contributed by atoms with Crippen LogP contribution in [-0.2, 0) is 4.79 Å². The Labute approximate surface area is 121 Å². The van der Waals surface area contributed by atoms with Gasteiger partial charge in [0.15, 0.2) is 0 Å². The van der Waals surface area contributed by atoms with Crippen LogP contribution in [0.25, 0.3) is 0 Å². The van der Waals surface area contributed by atoms with E-state index in [1.54, 1.807) is 4.90 Å². The number of benzene rings is 1. The van der Waals surface area contributed by atoms with Crippen molar-refractivity contribution in [3.63, 3.8) is 0 Å². The molecule has 0 aliphatic rings. The van der Waals surface area contributed by atoms with Crippen molar-refractivity contribution in [1.29, 1.82) is 0 Å². The molecule has 1 aromatic carbocycles. The van der Waals surface area contributed by atoms with Crippen LogP contribution in [-0.4, -0.2) is 37.6 Å². The molecule has 0 aromatic heterocycles. The molecule has 0 atom stereocenters. The Bertz CT molecular complexity index is 394. The van der Waals surface area contributed by atoms with Crippen LogP contribution in [0.1, 0.15) is 26.7 Å². The largest absolute Gasteiger partial charge is 0.492 e. The monoisotopic (exact) mass is 278 g/mol. The van der Waals surface area contributed by atoms with Crippen molar-refractivity contribution in [2.24, 2.45) is 11.1 Å². The van der Waals surface area contributed by atoms with Crippen molar-refractivity contribution in [3.05, 3.63) is 30.3 Å². The van der Waals surface area contributed by atoms with Crippen LogP contribution in [0.4, 0.5) is 0 Å². The summed E-state index contributed by atoms with van der Waals surface area (Å²) in [6.45, 7) is 5.48. The number of hydrogen-bond donors (Lipinski definition) is 1. The lowest BCUT2D eigenvalue weighted by atomic mass is 9.81. The van der Waals surface area contributed by atoms with E-state index in [0.29, 0.717) is 19.7 Å².